The van der Waals surface area contributed by atoms with Gasteiger partial charge in [0.1, 0.15) is 6.29 Å². The zero-order chi connectivity index (χ0) is 12.3. The highest BCUT2D eigenvalue weighted by molar-refractivity contribution is 9.10. The molecule has 0 radical (unpaired) electrons. The van der Waals surface area contributed by atoms with Crippen molar-refractivity contribution in [3.05, 3.63) is 37.8 Å². The van der Waals surface area contributed by atoms with Crippen LogP contribution in [0.25, 0.3) is 0 Å². The molecule has 0 fully saturated rings. The summed E-state index contributed by atoms with van der Waals surface area (Å²) in [6, 6.07) is 2.33. The number of carbonyl (C=O) groups is 2. The predicted molar refractivity (Wildman–Crippen MR) is 57.5 cm³/mol. The highest BCUT2D eigenvalue weighted by Crippen LogP contribution is 2.28. The molecule has 84 valence electrons. The Morgan fingerprint density at radius 2 is 2.19 bits per heavy atom. The van der Waals surface area contributed by atoms with Crippen molar-refractivity contribution in [3.63, 3.8) is 0 Å². The van der Waals surface area contributed by atoms with Gasteiger partial charge in [-0.25, -0.2) is 4.79 Å². The Kier molecular flexibility index (Phi) is 3.73. The van der Waals surface area contributed by atoms with Crippen molar-refractivity contribution in [1.29, 1.82) is 0 Å². The van der Waals surface area contributed by atoms with Crippen molar-refractivity contribution >= 4 is 33.9 Å². The first-order valence-electron chi connectivity index (χ1n) is 4.02. The average molecular weight is 288 g/mol. The van der Waals surface area contributed by atoms with Crippen molar-refractivity contribution < 1.29 is 19.2 Å². The largest absolute Gasteiger partial charge is 0.465 e. The van der Waals surface area contributed by atoms with Gasteiger partial charge in [-0.3, -0.25) is 14.9 Å². The molecule has 0 N–H and O–H groups in total. The van der Waals surface area contributed by atoms with Crippen LogP contribution in [0.15, 0.2) is 16.6 Å². The molecule has 0 heterocycles. The summed E-state index contributed by atoms with van der Waals surface area (Å²) in [6.45, 7) is 0. The molecule has 0 bridgehead atoms. The van der Waals surface area contributed by atoms with Crippen LogP contribution in [0.1, 0.15) is 20.7 Å². The Morgan fingerprint density at radius 1 is 1.56 bits per heavy atom. The van der Waals surface area contributed by atoms with Crippen LogP contribution in [0.5, 0.6) is 0 Å². The Labute approximate surface area is 98.5 Å². The molecular weight excluding hydrogens is 282 g/mol. The first kappa shape index (κ1) is 12.3. The first-order chi connectivity index (χ1) is 7.51. The molecule has 0 spiro atoms. The molecule has 1 aromatic rings. The quantitative estimate of drug-likeness (QED) is 0.367. The van der Waals surface area contributed by atoms with E-state index in [4.69, 9.17) is 0 Å². The molecule has 0 aliphatic carbocycles. The number of nitrogens with zero attached hydrogens (tertiary/aromatic N) is 1. The summed E-state index contributed by atoms with van der Waals surface area (Å²) in [5, 5.41) is 10.7. The van der Waals surface area contributed by atoms with Crippen molar-refractivity contribution in [1.82, 2.24) is 0 Å². The van der Waals surface area contributed by atoms with E-state index in [-0.39, 0.29) is 15.6 Å². The van der Waals surface area contributed by atoms with Gasteiger partial charge in [0.2, 0.25) is 0 Å². The summed E-state index contributed by atoms with van der Waals surface area (Å²) in [7, 11) is 1.12. The average Bonchev–Trinajstić information content (AvgIpc) is 2.26. The number of esters is 1. The third kappa shape index (κ3) is 2.25. The SMILES string of the molecule is COC(=O)c1c(Br)cc(C=O)cc1[N+](=O)[O-]. The molecule has 0 aliphatic heterocycles. The molecule has 0 saturated carbocycles. The third-order valence-electron chi connectivity index (χ3n) is 1.81. The van der Waals surface area contributed by atoms with E-state index < -0.39 is 16.6 Å². The van der Waals surface area contributed by atoms with Crippen LogP contribution in [-0.2, 0) is 4.74 Å². The number of hydrogen-bond donors (Lipinski definition) is 0. The number of ether oxygens (including phenoxy) is 1. The van der Waals surface area contributed by atoms with E-state index in [1.54, 1.807) is 0 Å². The van der Waals surface area contributed by atoms with Crippen molar-refractivity contribution in [2.45, 2.75) is 0 Å². The fraction of sp³-hybridized carbons (Fsp3) is 0.111. The molecule has 0 aromatic heterocycles. The topological polar surface area (TPSA) is 86.5 Å². The van der Waals surface area contributed by atoms with Crippen molar-refractivity contribution in [2.24, 2.45) is 0 Å². The van der Waals surface area contributed by atoms with E-state index in [9.17, 15) is 19.7 Å². The van der Waals surface area contributed by atoms with Crippen molar-refractivity contribution in [2.75, 3.05) is 7.11 Å². The van der Waals surface area contributed by atoms with Crippen LogP contribution >= 0.6 is 15.9 Å². The fourth-order valence-corrected chi connectivity index (χ4v) is 1.76. The zero-order valence-electron chi connectivity index (χ0n) is 8.10. The van der Waals surface area contributed by atoms with E-state index in [0.717, 1.165) is 13.2 Å². The maximum absolute atomic E-state index is 11.3. The maximum Gasteiger partial charge on any atom is 0.346 e. The highest BCUT2D eigenvalue weighted by atomic mass is 79.9. The van der Waals surface area contributed by atoms with Crippen LogP contribution in [0.2, 0.25) is 0 Å². The molecule has 0 atom stereocenters. The second-order valence-electron chi connectivity index (χ2n) is 2.76. The monoisotopic (exact) mass is 287 g/mol. The number of carbonyl (C=O) groups excluding carboxylic acids is 2. The highest BCUT2D eigenvalue weighted by Gasteiger charge is 2.25. The molecule has 1 aromatic carbocycles. The van der Waals surface area contributed by atoms with Gasteiger partial charge in [0.15, 0.2) is 5.56 Å². The standard InChI is InChI=1S/C9H6BrNO5/c1-16-9(13)8-6(10)2-5(4-12)3-7(8)11(14)15/h2-4H,1H3. The lowest BCUT2D eigenvalue weighted by molar-refractivity contribution is -0.385. The number of aldehydes is 1. The molecule has 16 heavy (non-hydrogen) atoms. The van der Waals surface area contributed by atoms with Crippen LogP contribution in [0.3, 0.4) is 0 Å². The van der Waals surface area contributed by atoms with Crippen LogP contribution in [0.4, 0.5) is 5.69 Å². The van der Waals surface area contributed by atoms with Gasteiger partial charge in [-0.15, -0.1) is 0 Å². The van der Waals surface area contributed by atoms with Gasteiger partial charge in [0.25, 0.3) is 5.69 Å². The molecule has 7 heteroatoms. The molecule has 1 rings (SSSR count). The Balaban J connectivity index is 3.51. The van der Waals surface area contributed by atoms with Gasteiger partial charge < -0.3 is 4.74 Å². The van der Waals surface area contributed by atoms with E-state index in [1.165, 1.54) is 6.07 Å². The third-order valence-corrected chi connectivity index (χ3v) is 2.44. The van der Waals surface area contributed by atoms with Gasteiger partial charge in [-0.05, 0) is 22.0 Å². The number of hydrogen-bond acceptors (Lipinski definition) is 5. The molecule has 6 nitrogen and oxygen atoms in total. The van der Waals surface area contributed by atoms with Gasteiger partial charge in [0.05, 0.1) is 12.0 Å². The summed E-state index contributed by atoms with van der Waals surface area (Å²) in [4.78, 5) is 31.8. The molecule has 0 amide bonds. The lowest BCUT2D eigenvalue weighted by Gasteiger charge is -2.04. The van der Waals surface area contributed by atoms with Gasteiger partial charge >= 0.3 is 5.97 Å². The second kappa shape index (κ2) is 4.84. The minimum Gasteiger partial charge on any atom is -0.465 e. The van der Waals surface area contributed by atoms with Crippen LogP contribution in [-0.4, -0.2) is 24.3 Å². The van der Waals surface area contributed by atoms with E-state index in [0.29, 0.717) is 6.29 Å². The van der Waals surface area contributed by atoms with Crippen LogP contribution < -0.4 is 0 Å². The number of benzene rings is 1. The summed E-state index contributed by atoms with van der Waals surface area (Å²) in [5.74, 6) is -0.837. The Hall–Kier alpha value is -1.76. The Morgan fingerprint density at radius 3 is 2.62 bits per heavy atom. The minimum absolute atomic E-state index is 0.103. The lowest BCUT2D eigenvalue weighted by Crippen LogP contribution is -2.07. The lowest BCUT2D eigenvalue weighted by atomic mass is 10.1. The minimum atomic E-state index is -0.837. The summed E-state index contributed by atoms with van der Waals surface area (Å²) in [5.41, 5.74) is -0.576. The smallest absolute Gasteiger partial charge is 0.346 e. The number of nitro groups is 1. The molecular formula is C9H6BrNO5. The van der Waals surface area contributed by atoms with E-state index in [2.05, 4.69) is 20.7 Å². The molecule has 0 saturated heterocycles. The van der Waals surface area contributed by atoms with Crippen LogP contribution in [0, 0.1) is 10.1 Å². The number of methoxy groups -OCH3 is 1. The van der Waals surface area contributed by atoms with Crippen molar-refractivity contribution in [3.8, 4) is 0 Å². The fourth-order valence-electron chi connectivity index (χ4n) is 1.13. The summed E-state index contributed by atoms with van der Waals surface area (Å²) < 4.78 is 4.57. The number of nitro benzene ring substituents is 1. The summed E-state index contributed by atoms with van der Waals surface area (Å²) >= 11 is 2.98. The number of halogens is 1. The van der Waals surface area contributed by atoms with E-state index in [1.807, 2.05) is 0 Å². The number of rotatable bonds is 3. The zero-order valence-corrected chi connectivity index (χ0v) is 9.68. The Bertz CT molecular complexity index is 471. The predicted octanol–water partition coefficient (Wildman–Crippen LogP) is 1.96. The first-order valence-corrected chi connectivity index (χ1v) is 4.82. The van der Waals surface area contributed by atoms with Gasteiger partial charge in [0, 0.05) is 16.1 Å². The molecule has 0 unspecified atom stereocenters. The maximum atomic E-state index is 11.3. The second-order valence-corrected chi connectivity index (χ2v) is 3.62. The molecule has 0 aliphatic rings. The van der Waals surface area contributed by atoms with Gasteiger partial charge in [-0.2, -0.15) is 0 Å². The normalized spacial score (nSPS) is 9.62. The van der Waals surface area contributed by atoms with Gasteiger partial charge in [-0.1, -0.05) is 0 Å². The van der Waals surface area contributed by atoms with E-state index >= 15 is 0 Å². The summed E-state index contributed by atoms with van der Waals surface area (Å²) in [6.07, 6.45) is 0.457.